The van der Waals surface area contributed by atoms with Crippen molar-refractivity contribution in [2.75, 3.05) is 24.2 Å². The van der Waals surface area contributed by atoms with Crippen LogP contribution in [0, 0.1) is 19.7 Å². The first-order valence-electron chi connectivity index (χ1n) is 9.54. The summed E-state index contributed by atoms with van der Waals surface area (Å²) in [4.78, 5) is 18.2. The molecule has 4 aromatic rings. The fourth-order valence-electron chi connectivity index (χ4n) is 3.11. The molecule has 0 aliphatic rings. The first-order valence-corrected chi connectivity index (χ1v) is 10.4. The zero-order valence-electron chi connectivity index (χ0n) is 17.5. The zero-order valence-corrected chi connectivity index (χ0v) is 18.3. The van der Waals surface area contributed by atoms with E-state index in [0.717, 1.165) is 21.5 Å². The summed E-state index contributed by atoms with van der Waals surface area (Å²) >= 11 is 1.36. The van der Waals surface area contributed by atoms with Gasteiger partial charge in [-0.15, -0.1) is 0 Å². The minimum atomic E-state index is -0.331. The van der Waals surface area contributed by atoms with Gasteiger partial charge in [0, 0.05) is 47.3 Å². The van der Waals surface area contributed by atoms with Crippen LogP contribution in [0.4, 0.5) is 16.0 Å². The molecule has 0 radical (unpaired) electrons. The number of halogens is 1. The molecule has 0 unspecified atom stereocenters. The van der Waals surface area contributed by atoms with Gasteiger partial charge in [0.25, 0.3) is 0 Å². The largest absolute Gasteiger partial charge is 0.480 e. The lowest BCUT2D eigenvalue weighted by Crippen LogP contribution is -1.99. The van der Waals surface area contributed by atoms with Crippen molar-refractivity contribution in [3.63, 3.8) is 0 Å². The van der Waals surface area contributed by atoms with Gasteiger partial charge in [0.1, 0.15) is 5.82 Å². The normalized spacial score (nSPS) is 10.9. The van der Waals surface area contributed by atoms with E-state index in [-0.39, 0.29) is 5.82 Å². The van der Waals surface area contributed by atoms with Gasteiger partial charge in [-0.1, -0.05) is 0 Å². The lowest BCUT2D eigenvalue weighted by Gasteiger charge is -2.13. The highest BCUT2D eigenvalue weighted by Crippen LogP contribution is 2.33. The van der Waals surface area contributed by atoms with Gasteiger partial charge in [0.2, 0.25) is 11.8 Å². The summed E-state index contributed by atoms with van der Waals surface area (Å²) in [5.74, 6) is 0.686. The number of anilines is 2. The summed E-state index contributed by atoms with van der Waals surface area (Å²) in [6.07, 6.45) is 3.43. The van der Waals surface area contributed by atoms with E-state index in [0.29, 0.717) is 34.3 Å². The number of ether oxygens (including phenoxy) is 1. The first kappa shape index (κ1) is 20.8. The molecule has 3 heterocycles. The number of methoxy groups -OCH3 is 1. The molecule has 2 N–H and O–H groups in total. The molecule has 0 atom stereocenters. The van der Waals surface area contributed by atoms with Crippen LogP contribution in [0.25, 0.3) is 22.2 Å². The van der Waals surface area contributed by atoms with Gasteiger partial charge in [0.15, 0.2) is 5.65 Å². The molecule has 7 nitrogen and oxygen atoms in total. The molecular formula is C22H21FN6OS. The molecule has 0 saturated carbocycles. The molecule has 31 heavy (non-hydrogen) atoms. The van der Waals surface area contributed by atoms with Crippen LogP contribution in [-0.4, -0.2) is 34.1 Å². The minimum Gasteiger partial charge on any atom is -0.480 e. The number of pyridine rings is 2. The van der Waals surface area contributed by atoms with Crippen LogP contribution in [-0.2, 0) is 0 Å². The Hall–Kier alpha value is -3.46. The highest BCUT2D eigenvalue weighted by atomic mass is 32.2. The van der Waals surface area contributed by atoms with E-state index in [1.807, 2.05) is 26.0 Å². The molecule has 0 amide bonds. The van der Waals surface area contributed by atoms with Crippen molar-refractivity contribution in [2.24, 2.45) is 0 Å². The van der Waals surface area contributed by atoms with Gasteiger partial charge in [-0.3, -0.25) is 0 Å². The van der Waals surface area contributed by atoms with Gasteiger partial charge < -0.3 is 14.8 Å². The number of nitrogens with zero attached hydrogens (tertiary/aromatic N) is 4. The predicted molar refractivity (Wildman–Crippen MR) is 122 cm³/mol. The third kappa shape index (κ3) is 4.36. The van der Waals surface area contributed by atoms with E-state index in [1.54, 1.807) is 38.7 Å². The van der Waals surface area contributed by atoms with E-state index in [4.69, 9.17) is 4.74 Å². The smallest absolute Gasteiger partial charge is 0.228 e. The Morgan fingerprint density at radius 1 is 1.00 bits per heavy atom. The van der Waals surface area contributed by atoms with Crippen molar-refractivity contribution in [1.82, 2.24) is 19.9 Å². The number of hydrogen-bond acceptors (Lipinski definition) is 8. The van der Waals surface area contributed by atoms with Crippen molar-refractivity contribution in [2.45, 2.75) is 18.7 Å². The number of fused-ring (bicyclic) bond motifs is 1. The molecule has 0 fully saturated rings. The fraction of sp³-hybridized carbons (Fsp3) is 0.182. The van der Waals surface area contributed by atoms with E-state index in [1.165, 1.54) is 18.0 Å². The maximum absolute atomic E-state index is 14.8. The van der Waals surface area contributed by atoms with Gasteiger partial charge in [0.05, 0.1) is 12.0 Å². The number of aryl methyl sites for hydroxylation is 2. The molecule has 0 aliphatic carbocycles. The third-order valence-corrected chi connectivity index (χ3v) is 5.52. The van der Waals surface area contributed by atoms with Crippen LogP contribution in [0.5, 0.6) is 5.88 Å². The second-order valence-corrected chi connectivity index (χ2v) is 7.74. The molecule has 4 rings (SSSR count). The molecule has 0 saturated heterocycles. The Kier molecular flexibility index (Phi) is 5.85. The van der Waals surface area contributed by atoms with E-state index < -0.39 is 0 Å². The highest BCUT2D eigenvalue weighted by Gasteiger charge is 2.13. The third-order valence-electron chi connectivity index (χ3n) is 4.67. The SMILES string of the molecule is CNc1ncc2cc(-c3cc(NSc4cc(C)cnc4OC)ccc3F)c(C)nc2n1. The number of nitrogens with one attached hydrogen (secondary N) is 2. The molecule has 9 heteroatoms. The van der Waals surface area contributed by atoms with Crippen molar-refractivity contribution in [3.05, 3.63) is 59.8 Å². The zero-order chi connectivity index (χ0) is 22.0. The number of aromatic nitrogens is 4. The average Bonchev–Trinajstić information content (AvgIpc) is 2.78. The van der Waals surface area contributed by atoms with Crippen LogP contribution in [0.1, 0.15) is 11.3 Å². The second kappa shape index (κ2) is 8.73. The molecule has 0 aliphatic heterocycles. The van der Waals surface area contributed by atoms with Crippen molar-refractivity contribution >= 4 is 34.6 Å². The fourth-order valence-corrected chi connectivity index (χ4v) is 3.93. The maximum atomic E-state index is 14.8. The summed E-state index contributed by atoms with van der Waals surface area (Å²) in [5.41, 5.74) is 4.14. The van der Waals surface area contributed by atoms with Crippen LogP contribution >= 0.6 is 11.9 Å². The van der Waals surface area contributed by atoms with Gasteiger partial charge >= 0.3 is 0 Å². The molecule has 0 spiro atoms. The Morgan fingerprint density at radius 3 is 2.61 bits per heavy atom. The Bertz CT molecular complexity index is 1270. The van der Waals surface area contributed by atoms with Gasteiger partial charge in [-0.25, -0.2) is 19.3 Å². The topological polar surface area (TPSA) is 84.9 Å². The van der Waals surface area contributed by atoms with E-state index >= 15 is 0 Å². The molecule has 0 bridgehead atoms. The van der Waals surface area contributed by atoms with Crippen LogP contribution in [0.2, 0.25) is 0 Å². The first-order chi connectivity index (χ1) is 15.0. The molecule has 3 aromatic heterocycles. The average molecular weight is 437 g/mol. The Morgan fingerprint density at radius 2 is 1.84 bits per heavy atom. The van der Waals surface area contributed by atoms with Crippen LogP contribution in [0.15, 0.2) is 47.6 Å². The Balaban J connectivity index is 1.67. The van der Waals surface area contributed by atoms with E-state index in [2.05, 4.69) is 30.0 Å². The molecule has 158 valence electrons. The van der Waals surface area contributed by atoms with E-state index in [9.17, 15) is 4.39 Å². The lowest BCUT2D eigenvalue weighted by atomic mass is 10.0. The summed E-state index contributed by atoms with van der Waals surface area (Å²) in [5, 5.41) is 3.63. The van der Waals surface area contributed by atoms with Crippen molar-refractivity contribution in [3.8, 4) is 17.0 Å². The highest BCUT2D eigenvalue weighted by molar-refractivity contribution is 8.00. The summed E-state index contributed by atoms with van der Waals surface area (Å²) in [7, 11) is 3.33. The summed E-state index contributed by atoms with van der Waals surface area (Å²) in [6, 6.07) is 8.73. The standard InChI is InChI=1S/C22H21FN6OS/c1-12-7-19(21(30-4)25-10-12)31-29-15-5-6-18(23)17(9-15)16-8-14-11-26-22(24-3)28-20(14)27-13(16)2/h5-11,29H,1-4H3,(H,24,26,27,28). The van der Waals surface area contributed by atoms with Crippen molar-refractivity contribution < 1.29 is 9.13 Å². The number of benzene rings is 1. The van der Waals surface area contributed by atoms with Gasteiger partial charge in [-0.05, 0) is 61.7 Å². The number of rotatable bonds is 6. The minimum absolute atomic E-state index is 0.331. The maximum Gasteiger partial charge on any atom is 0.228 e. The summed E-state index contributed by atoms with van der Waals surface area (Å²) < 4.78 is 23.3. The summed E-state index contributed by atoms with van der Waals surface area (Å²) in [6.45, 7) is 3.80. The van der Waals surface area contributed by atoms with Crippen LogP contribution in [0.3, 0.4) is 0 Å². The monoisotopic (exact) mass is 436 g/mol. The predicted octanol–water partition coefficient (Wildman–Crippen LogP) is 5.01. The lowest BCUT2D eigenvalue weighted by molar-refractivity contribution is 0.387. The van der Waals surface area contributed by atoms with Crippen LogP contribution < -0.4 is 14.8 Å². The quantitative estimate of drug-likeness (QED) is 0.408. The second-order valence-electron chi connectivity index (χ2n) is 6.90. The van der Waals surface area contributed by atoms with Crippen molar-refractivity contribution in [1.29, 1.82) is 0 Å². The molecule has 1 aromatic carbocycles. The number of hydrogen-bond donors (Lipinski definition) is 2. The molecular weight excluding hydrogens is 415 g/mol. The van der Waals surface area contributed by atoms with Gasteiger partial charge in [-0.2, -0.15) is 4.98 Å². The Labute approximate surface area is 183 Å².